The Bertz CT molecular complexity index is 1220. The molecule has 0 aliphatic carbocycles. The first kappa shape index (κ1) is 21.1. The number of anilines is 1. The van der Waals surface area contributed by atoms with E-state index in [1.165, 1.54) is 36.4 Å². The zero-order valence-corrected chi connectivity index (χ0v) is 17.7. The lowest BCUT2D eigenvalue weighted by Crippen LogP contribution is -2.50. The van der Waals surface area contributed by atoms with Gasteiger partial charge in [-0.1, -0.05) is 35.9 Å². The molecule has 0 fully saturated rings. The largest absolute Gasteiger partial charge is 0.476 e. The van der Waals surface area contributed by atoms with Crippen LogP contribution in [0.5, 0.6) is 5.75 Å². The summed E-state index contributed by atoms with van der Waals surface area (Å²) in [5.41, 5.74) is 0.918. The van der Waals surface area contributed by atoms with E-state index in [-0.39, 0.29) is 23.7 Å². The fourth-order valence-electron chi connectivity index (χ4n) is 3.25. The first-order valence-corrected chi connectivity index (χ1v) is 11.2. The van der Waals surface area contributed by atoms with Crippen molar-refractivity contribution in [3.63, 3.8) is 0 Å². The highest BCUT2D eigenvalue weighted by Crippen LogP contribution is 2.36. The fraction of sp³-hybridized carbons (Fsp3) is 0.136. The summed E-state index contributed by atoms with van der Waals surface area (Å²) in [6.45, 7) is -0.126. The Morgan fingerprint density at radius 2 is 1.84 bits per heavy atom. The number of rotatable bonds is 5. The van der Waals surface area contributed by atoms with Gasteiger partial charge in [0.05, 0.1) is 17.1 Å². The van der Waals surface area contributed by atoms with E-state index in [0.29, 0.717) is 16.3 Å². The van der Waals surface area contributed by atoms with Crippen molar-refractivity contribution >= 4 is 33.2 Å². The van der Waals surface area contributed by atoms with E-state index in [1.54, 1.807) is 36.4 Å². The minimum atomic E-state index is -3.97. The first-order chi connectivity index (χ1) is 14.8. The van der Waals surface area contributed by atoms with Gasteiger partial charge in [0.2, 0.25) is 0 Å². The van der Waals surface area contributed by atoms with E-state index >= 15 is 0 Å². The van der Waals surface area contributed by atoms with Gasteiger partial charge in [0, 0.05) is 11.6 Å². The zero-order chi connectivity index (χ0) is 22.0. The normalized spacial score (nSPS) is 15.7. The van der Waals surface area contributed by atoms with Crippen LogP contribution in [0.3, 0.4) is 0 Å². The summed E-state index contributed by atoms with van der Waals surface area (Å²) in [5, 5.41) is 3.09. The molecular formula is C22H18ClFN2O4S. The fourth-order valence-corrected chi connectivity index (χ4v) is 4.85. The van der Waals surface area contributed by atoms with E-state index in [4.69, 9.17) is 16.3 Å². The highest BCUT2D eigenvalue weighted by atomic mass is 35.5. The second-order valence-corrected chi connectivity index (χ2v) is 9.21. The quantitative estimate of drug-likeness (QED) is 0.629. The van der Waals surface area contributed by atoms with Gasteiger partial charge in [0.1, 0.15) is 11.6 Å². The van der Waals surface area contributed by atoms with Gasteiger partial charge in [-0.2, -0.15) is 0 Å². The van der Waals surface area contributed by atoms with Crippen LogP contribution in [0.15, 0.2) is 77.7 Å². The molecule has 1 N–H and O–H groups in total. The van der Waals surface area contributed by atoms with Gasteiger partial charge in [-0.3, -0.25) is 9.10 Å². The van der Waals surface area contributed by atoms with Crippen LogP contribution in [0, 0.1) is 5.82 Å². The van der Waals surface area contributed by atoms with Crippen LogP contribution in [0.2, 0.25) is 5.02 Å². The third-order valence-corrected chi connectivity index (χ3v) is 6.83. The maximum Gasteiger partial charge on any atom is 0.264 e. The Morgan fingerprint density at radius 1 is 1.10 bits per heavy atom. The van der Waals surface area contributed by atoms with Crippen molar-refractivity contribution in [3.8, 4) is 5.75 Å². The highest BCUT2D eigenvalue weighted by molar-refractivity contribution is 7.92. The summed E-state index contributed by atoms with van der Waals surface area (Å²) >= 11 is 5.88. The molecule has 0 radical (unpaired) electrons. The molecule has 1 heterocycles. The zero-order valence-electron chi connectivity index (χ0n) is 16.2. The van der Waals surface area contributed by atoms with Gasteiger partial charge in [-0.05, 0) is 54.1 Å². The molecular weight excluding hydrogens is 443 g/mol. The molecule has 3 aromatic carbocycles. The van der Waals surface area contributed by atoms with E-state index in [2.05, 4.69) is 5.32 Å². The lowest BCUT2D eigenvalue weighted by atomic mass is 10.2. The Hall–Kier alpha value is -3.10. The van der Waals surface area contributed by atoms with Crippen LogP contribution in [-0.4, -0.2) is 27.0 Å². The average Bonchev–Trinajstić information content (AvgIpc) is 2.77. The molecule has 6 nitrogen and oxygen atoms in total. The van der Waals surface area contributed by atoms with E-state index < -0.39 is 27.9 Å². The average molecular weight is 461 g/mol. The maximum atomic E-state index is 13.4. The first-order valence-electron chi connectivity index (χ1n) is 9.41. The lowest BCUT2D eigenvalue weighted by Gasteiger charge is -2.34. The third kappa shape index (κ3) is 4.50. The standard InChI is InChI=1S/C22H18ClFN2O4S/c23-16-8-10-18(11-9-16)31(28,29)26-14-21(30-20-7-2-1-6-19(20)26)22(27)25-13-15-4-3-5-17(24)12-15/h1-12,21H,13-14H2,(H,25,27). The molecule has 4 rings (SSSR count). The van der Waals surface area contributed by atoms with Gasteiger partial charge in [-0.25, -0.2) is 12.8 Å². The summed E-state index contributed by atoms with van der Waals surface area (Å²) in [7, 11) is -3.97. The topological polar surface area (TPSA) is 75.7 Å². The molecule has 3 aromatic rings. The molecule has 0 saturated carbocycles. The number of sulfonamides is 1. The number of fused-ring (bicyclic) bond motifs is 1. The number of halogens is 2. The van der Waals surface area contributed by atoms with E-state index in [9.17, 15) is 17.6 Å². The molecule has 0 spiro atoms. The summed E-state index contributed by atoms with van der Waals surface area (Å²) in [6, 6.07) is 18.3. The van der Waals surface area contributed by atoms with Crippen LogP contribution in [0.4, 0.5) is 10.1 Å². The molecule has 1 aliphatic heterocycles. The van der Waals surface area contributed by atoms with Gasteiger partial charge < -0.3 is 10.1 Å². The summed E-state index contributed by atoms with van der Waals surface area (Å²) < 4.78 is 46.9. The van der Waals surface area contributed by atoms with Gasteiger partial charge in [0.25, 0.3) is 15.9 Å². The monoisotopic (exact) mass is 460 g/mol. The molecule has 160 valence electrons. The lowest BCUT2D eigenvalue weighted by molar-refractivity contribution is -0.127. The number of nitrogens with zero attached hydrogens (tertiary/aromatic N) is 1. The Kier molecular flexibility index (Phi) is 5.84. The number of nitrogens with one attached hydrogen (secondary N) is 1. The van der Waals surface area contributed by atoms with Crippen molar-refractivity contribution < 1.29 is 22.3 Å². The molecule has 1 unspecified atom stereocenters. The Morgan fingerprint density at radius 3 is 2.58 bits per heavy atom. The third-order valence-electron chi connectivity index (χ3n) is 4.78. The second kappa shape index (κ2) is 8.56. The van der Waals surface area contributed by atoms with Gasteiger partial charge >= 0.3 is 0 Å². The number of para-hydroxylation sites is 2. The number of carbonyl (C=O) groups excluding carboxylic acids is 1. The van der Waals surface area contributed by atoms with E-state index in [0.717, 1.165) is 4.31 Å². The van der Waals surface area contributed by atoms with Crippen LogP contribution >= 0.6 is 11.6 Å². The minimum absolute atomic E-state index is 0.0486. The molecule has 0 saturated heterocycles. The summed E-state index contributed by atoms with van der Waals surface area (Å²) in [5.74, 6) is -0.637. The van der Waals surface area contributed by atoms with Crippen molar-refractivity contribution in [3.05, 3.63) is 89.2 Å². The number of hydrogen-bond donors (Lipinski definition) is 1. The smallest absolute Gasteiger partial charge is 0.264 e. The number of carbonyl (C=O) groups is 1. The van der Waals surface area contributed by atoms with Gasteiger partial charge in [0.15, 0.2) is 6.10 Å². The SMILES string of the molecule is O=C(NCc1cccc(F)c1)C1CN(S(=O)(=O)c2ccc(Cl)cc2)c2ccccc2O1. The predicted octanol–water partition coefficient (Wildman–Crippen LogP) is 3.75. The molecule has 0 bridgehead atoms. The van der Waals surface area contributed by atoms with Crippen LogP contribution in [-0.2, 0) is 21.4 Å². The Labute approximate surface area is 184 Å². The molecule has 1 aliphatic rings. The van der Waals surface area contributed by atoms with Crippen LogP contribution < -0.4 is 14.4 Å². The maximum absolute atomic E-state index is 13.4. The number of amides is 1. The molecule has 9 heteroatoms. The van der Waals surface area contributed by atoms with Crippen LogP contribution in [0.25, 0.3) is 0 Å². The van der Waals surface area contributed by atoms with Crippen molar-refractivity contribution in [2.24, 2.45) is 0 Å². The molecule has 1 atom stereocenters. The van der Waals surface area contributed by atoms with Crippen molar-refractivity contribution in [2.45, 2.75) is 17.5 Å². The molecule has 0 aromatic heterocycles. The molecule has 1 amide bonds. The summed E-state index contributed by atoms with van der Waals surface area (Å²) in [6.07, 6.45) is -1.08. The van der Waals surface area contributed by atoms with Crippen LogP contribution in [0.1, 0.15) is 5.56 Å². The van der Waals surface area contributed by atoms with Gasteiger partial charge in [-0.15, -0.1) is 0 Å². The minimum Gasteiger partial charge on any atom is -0.476 e. The summed E-state index contributed by atoms with van der Waals surface area (Å²) in [4.78, 5) is 12.8. The van der Waals surface area contributed by atoms with Crippen molar-refractivity contribution in [1.29, 1.82) is 0 Å². The number of benzene rings is 3. The van der Waals surface area contributed by atoms with E-state index in [1.807, 2.05) is 0 Å². The Balaban J connectivity index is 1.59. The highest BCUT2D eigenvalue weighted by Gasteiger charge is 2.37. The second-order valence-electron chi connectivity index (χ2n) is 6.91. The number of ether oxygens (including phenoxy) is 1. The van der Waals surface area contributed by atoms with Crippen molar-refractivity contribution in [1.82, 2.24) is 5.32 Å². The molecule has 31 heavy (non-hydrogen) atoms. The number of hydrogen-bond acceptors (Lipinski definition) is 4. The predicted molar refractivity (Wildman–Crippen MR) is 115 cm³/mol. The van der Waals surface area contributed by atoms with Crippen molar-refractivity contribution in [2.75, 3.05) is 10.8 Å².